The Kier molecular flexibility index (Phi) is 4.20. The third-order valence-electron chi connectivity index (χ3n) is 2.64. The van der Waals surface area contributed by atoms with Crippen LogP contribution in [0.5, 0.6) is 0 Å². The second kappa shape index (κ2) is 5.01. The first-order valence-electron chi connectivity index (χ1n) is 5.31. The molecule has 0 bridgehead atoms. The van der Waals surface area contributed by atoms with Crippen molar-refractivity contribution in [2.45, 2.75) is 32.9 Å². The normalized spacial score (nSPS) is 27.7. The van der Waals surface area contributed by atoms with Crippen LogP contribution >= 0.6 is 0 Å². The van der Waals surface area contributed by atoms with E-state index in [2.05, 4.69) is 18.3 Å². The summed E-state index contributed by atoms with van der Waals surface area (Å²) >= 11 is 0. The number of nitrogens with one attached hydrogen (secondary N) is 1. The third kappa shape index (κ3) is 5.21. The van der Waals surface area contributed by atoms with Crippen LogP contribution in [0.2, 0.25) is 0 Å². The second-order valence-corrected chi connectivity index (χ2v) is 4.54. The minimum absolute atomic E-state index is 0.354. The Morgan fingerprint density at radius 1 is 1.47 bits per heavy atom. The van der Waals surface area contributed by atoms with Crippen LogP contribution in [-0.2, 0) is 0 Å². The molecule has 0 fully saturated rings. The van der Waals surface area contributed by atoms with Crippen molar-refractivity contribution >= 4 is 0 Å². The van der Waals surface area contributed by atoms with Crippen molar-refractivity contribution in [3.8, 4) is 0 Å². The summed E-state index contributed by atoms with van der Waals surface area (Å²) in [4.78, 5) is 0. The molecule has 0 saturated carbocycles. The van der Waals surface area contributed by atoms with Crippen LogP contribution in [0.3, 0.4) is 0 Å². The highest BCUT2D eigenvalue weighted by Crippen LogP contribution is 2.27. The Balaban J connectivity index is 2.26. The van der Waals surface area contributed by atoms with E-state index in [0.29, 0.717) is 18.4 Å². The van der Waals surface area contributed by atoms with Crippen molar-refractivity contribution in [2.75, 3.05) is 13.1 Å². The lowest BCUT2D eigenvalue weighted by atomic mass is 9.84. The molecule has 1 rings (SSSR count). The zero-order valence-corrected chi connectivity index (χ0v) is 9.19. The Bertz CT molecular complexity index is 232. The molecular weight excluding hydrogens is 203 g/mol. The van der Waals surface area contributed by atoms with Crippen LogP contribution in [0.25, 0.3) is 0 Å². The van der Waals surface area contributed by atoms with Gasteiger partial charge in [0.1, 0.15) is 0 Å². The lowest BCUT2D eigenvalue weighted by molar-refractivity contribution is -0.125. The minimum Gasteiger partial charge on any atom is -0.308 e. The van der Waals surface area contributed by atoms with Crippen LogP contribution in [0.15, 0.2) is 11.6 Å². The van der Waals surface area contributed by atoms with Gasteiger partial charge in [-0.15, -0.1) is 0 Å². The summed E-state index contributed by atoms with van der Waals surface area (Å²) in [6, 6.07) is 0. The largest absolute Gasteiger partial charge is 0.401 e. The molecule has 0 aromatic heterocycles. The lowest BCUT2D eigenvalue weighted by Crippen LogP contribution is -2.33. The van der Waals surface area contributed by atoms with Crippen LogP contribution in [0.4, 0.5) is 13.2 Å². The summed E-state index contributed by atoms with van der Waals surface area (Å²) in [7, 11) is 0. The Labute approximate surface area is 88.7 Å². The van der Waals surface area contributed by atoms with E-state index in [-0.39, 0.29) is 0 Å². The summed E-state index contributed by atoms with van der Waals surface area (Å²) < 4.78 is 35.7. The van der Waals surface area contributed by atoms with E-state index in [4.69, 9.17) is 0 Å². The van der Waals surface area contributed by atoms with Crippen LogP contribution in [0.1, 0.15) is 26.7 Å². The van der Waals surface area contributed by atoms with E-state index in [1.807, 2.05) is 6.92 Å². The van der Waals surface area contributed by atoms with Gasteiger partial charge in [0.15, 0.2) is 0 Å². The molecule has 4 heteroatoms. The van der Waals surface area contributed by atoms with Crippen LogP contribution in [-0.4, -0.2) is 19.3 Å². The SMILES string of the molecule is CC1=CC(C)CC(CNCC(F)(F)F)C1. The average Bonchev–Trinajstić information content (AvgIpc) is 1.99. The quantitative estimate of drug-likeness (QED) is 0.722. The Morgan fingerprint density at radius 3 is 2.67 bits per heavy atom. The topological polar surface area (TPSA) is 12.0 Å². The smallest absolute Gasteiger partial charge is 0.308 e. The first-order valence-corrected chi connectivity index (χ1v) is 5.31. The summed E-state index contributed by atoms with van der Waals surface area (Å²) in [5.74, 6) is 0.851. The molecule has 0 aliphatic heterocycles. The Morgan fingerprint density at radius 2 is 2.13 bits per heavy atom. The number of halogens is 3. The highest BCUT2D eigenvalue weighted by atomic mass is 19.4. The van der Waals surface area contributed by atoms with E-state index in [1.54, 1.807) is 0 Å². The number of alkyl halides is 3. The highest BCUT2D eigenvalue weighted by molar-refractivity contribution is 5.06. The van der Waals surface area contributed by atoms with Crippen molar-refractivity contribution in [3.63, 3.8) is 0 Å². The number of hydrogen-bond acceptors (Lipinski definition) is 1. The van der Waals surface area contributed by atoms with E-state index in [0.717, 1.165) is 12.8 Å². The first-order chi connectivity index (χ1) is 6.87. The van der Waals surface area contributed by atoms with Gasteiger partial charge in [-0.25, -0.2) is 0 Å². The molecule has 1 aliphatic rings. The fraction of sp³-hybridized carbons (Fsp3) is 0.818. The van der Waals surface area contributed by atoms with E-state index in [9.17, 15) is 13.2 Å². The summed E-state index contributed by atoms with van der Waals surface area (Å²) in [6.45, 7) is 3.75. The maximum atomic E-state index is 11.9. The number of hydrogen-bond donors (Lipinski definition) is 1. The van der Waals surface area contributed by atoms with Gasteiger partial charge in [0.25, 0.3) is 0 Å². The van der Waals surface area contributed by atoms with Crippen molar-refractivity contribution < 1.29 is 13.2 Å². The van der Waals surface area contributed by atoms with Gasteiger partial charge < -0.3 is 5.32 Å². The fourth-order valence-electron chi connectivity index (χ4n) is 2.26. The van der Waals surface area contributed by atoms with Crippen LogP contribution in [0, 0.1) is 11.8 Å². The zero-order valence-electron chi connectivity index (χ0n) is 9.19. The summed E-state index contributed by atoms with van der Waals surface area (Å²) in [5, 5.41) is 2.48. The summed E-state index contributed by atoms with van der Waals surface area (Å²) in [5.41, 5.74) is 1.30. The molecule has 1 aliphatic carbocycles. The zero-order chi connectivity index (χ0) is 11.5. The van der Waals surface area contributed by atoms with Gasteiger partial charge >= 0.3 is 6.18 Å². The van der Waals surface area contributed by atoms with Crippen molar-refractivity contribution in [2.24, 2.45) is 11.8 Å². The van der Waals surface area contributed by atoms with Gasteiger partial charge in [0.2, 0.25) is 0 Å². The molecular formula is C11H18F3N. The van der Waals surface area contributed by atoms with Crippen molar-refractivity contribution in [1.29, 1.82) is 0 Å². The fourth-order valence-corrected chi connectivity index (χ4v) is 2.26. The predicted molar refractivity (Wildman–Crippen MR) is 54.6 cm³/mol. The molecule has 0 saturated heterocycles. The molecule has 0 spiro atoms. The van der Waals surface area contributed by atoms with Gasteiger partial charge in [0, 0.05) is 0 Å². The Hall–Kier alpha value is -0.510. The van der Waals surface area contributed by atoms with Crippen LogP contribution < -0.4 is 5.32 Å². The standard InChI is InChI=1S/C11H18F3N/c1-8-3-9(2)5-10(4-8)6-15-7-11(12,13)14/h3,8,10,15H,4-7H2,1-2H3. The minimum atomic E-state index is -4.09. The highest BCUT2D eigenvalue weighted by Gasteiger charge is 2.27. The van der Waals surface area contributed by atoms with Gasteiger partial charge in [-0.1, -0.05) is 18.6 Å². The monoisotopic (exact) mass is 221 g/mol. The molecule has 0 amide bonds. The molecule has 1 nitrogen and oxygen atoms in total. The van der Waals surface area contributed by atoms with Gasteiger partial charge in [-0.2, -0.15) is 13.2 Å². The van der Waals surface area contributed by atoms with Gasteiger partial charge in [-0.3, -0.25) is 0 Å². The second-order valence-electron chi connectivity index (χ2n) is 4.54. The van der Waals surface area contributed by atoms with Crippen molar-refractivity contribution in [3.05, 3.63) is 11.6 Å². The maximum absolute atomic E-state index is 11.9. The molecule has 0 aromatic carbocycles. The van der Waals surface area contributed by atoms with Gasteiger partial charge in [-0.05, 0) is 38.1 Å². The summed E-state index contributed by atoms with van der Waals surface area (Å²) in [6.07, 6.45) is 0.0306. The van der Waals surface area contributed by atoms with Gasteiger partial charge in [0.05, 0.1) is 6.54 Å². The van der Waals surface area contributed by atoms with Crippen molar-refractivity contribution in [1.82, 2.24) is 5.32 Å². The molecule has 1 N–H and O–H groups in total. The molecule has 0 aromatic rings. The molecule has 0 radical (unpaired) electrons. The molecule has 2 atom stereocenters. The number of rotatable bonds is 3. The molecule has 0 heterocycles. The lowest BCUT2D eigenvalue weighted by Gasteiger charge is -2.25. The molecule has 2 unspecified atom stereocenters. The van der Waals surface area contributed by atoms with E-state index < -0.39 is 12.7 Å². The predicted octanol–water partition coefficient (Wildman–Crippen LogP) is 3.13. The number of allylic oxidation sites excluding steroid dienone is 2. The molecule has 15 heavy (non-hydrogen) atoms. The van der Waals surface area contributed by atoms with E-state index in [1.165, 1.54) is 5.57 Å². The third-order valence-corrected chi connectivity index (χ3v) is 2.64. The first kappa shape index (κ1) is 12.6. The van der Waals surface area contributed by atoms with E-state index >= 15 is 0 Å². The maximum Gasteiger partial charge on any atom is 0.401 e. The average molecular weight is 221 g/mol. The molecule has 88 valence electrons.